The van der Waals surface area contributed by atoms with Gasteiger partial charge in [0.25, 0.3) is 5.91 Å². The summed E-state index contributed by atoms with van der Waals surface area (Å²) < 4.78 is 12.8. The summed E-state index contributed by atoms with van der Waals surface area (Å²) in [6.45, 7) is 0.168. The molecule has 2 aromatic carbocycles. The summed E-state index contributed by atoms with van der Waals surface area (Å²) in [6, 6.07) is 8.07. The van der Waals surface area contributed by atoms with Crippen LogP contribution in [0.25, 0.3) is 0 Å². The molecule has 0 heterocycles. The highest BCUT2D eigenvalue weighted by Crippen LogP contribution is 2.27. The first-order valence-electron chi connectivity index (χ1n) is 6.13. The van der Waals surface area contributed by atoms with Crippen molar-refractivity contribution in [1.29, 1.82) is 0 Å². The van der Waals surface area contributed by atoms with Crippen LogP contribution < -0.4 is 5.32 Å². The second-order valence-electron chi connectivity index (χ2n) is 4.43. The van der Waals surface area contributed by atoms with E-state index in [2.05, 4.69) is 5.32 Å². The van der Waals surface area contributed by atoms with E-state index < -0.39 is 11.9 Å². The molecule has 0 unspecified atom stereocenters. The highest BCUT2D eigenvalue weighted by molar-refractivity contribution is 6.44. The van der Waals surface area contributed by atoms with Crippen LogP contribution >= 0.6 is 23.2 Å². The van der Waals surface area contributed by atoms with Crippen LogP contribution in [-0.4, -0.2) is 17.0 Å². The Morgan fingerprint density at radius 1 is 1.14 bits per heavy atom. The van der Waals surface area contributed by atoms with Crippen LogP contribution in [-0.2, 0) is 6.54 Å². The lowest BCUT2D eigenvalue weighted by atomic mass is 10.1. The third-order valence-corrected chi connectivity index (χ3v) is 3.69. The molecule has 0 aliphatic heterocycles. The van der Waals surface area contributed by atoms with E-state index in [0.717, 1.165) is 6.07 Å². The predicted molar refractivity (Wildman–Crippen MR) is 81.0 cm³/mol. The van der Waals surface area contributed by atoms with Crippen molar-refractivity contribution in [3.63, 3.8) is 0 Å². The molecule has 0 aliphatic carbocycles. The first kappa shape index (κ1) is 16.3. The molecule has 0 saturated heterocycles. The Bertz CT molecular complexity index is 732. The van der Waals surface area contributed by atoms with E-state index in [1.807, 2.05) is 0 Å². The fourth-order valence-corrected chi connectivity index (χ4v) is 2.17. The molecule has 0 saturated carbocycles. The Kier molecular flexibility index (Phi) is 5.00. The summed E-state index contributed by atoms with van der Waals surface area (Å²) in [6.07, 6.45) is 0. The standard InChI is InChI=1S/C15H10Cl2FNO3/c16-12-6-9(5-11(13(12)17)15(21)22)14(20)19-7-8-1-3-10(18)4-2-8/h1-6H,7H2,(H,19,20)(H,21,22). The van der Waals surface area contributed by atoms with Gasteiger partial charge in [0, 0.05) is 12.1 Å². The average molecular weight is 342 g/mol. The molecule has 0 aromatic heterocycles. The number of carbonyl (C=O) groups is 2. The molecule has 114 valence electrons. The third kappa shape index (κ3) is 3.75. The molecule has 1 amide bonds. The van der Waals surface area contributed by atoms with E-state index in [0.29, 0.717) is 5.56 Å². The van der Waals surface area contributed by atoms with Gasteiger partial charge in [0.05, 0.1) is 15.6 Å². The number of carbonyl (C=O) groups excluding carboxylic acids is 1. The van der Waals surface area contributed by atoms with Crippen LogP contribution in [0.1, 0.15) is 26.3 Å². The average Bonchev–Trinajstić information content (AvgIpc) is 2.48. The number of halogens is 3. The van der Waals surface area contributed by atoms with Crippen molar-refractivity contribution in [2.45, 2.75) is 6.54 Å². The van der Waals surface area contributed by atoms with Crippen LogP contribution in [0, 0.1) is 5.82 Å². The number of hydrogen-bond acceptors (Lipinski definition) is 2. The maximum Gasteiger partial charge on any atom is 0.337 e. The van der Waals surface area contributed by atoms with Crippen LogP contribution in [0.5, 0.6) is 0 Å². The molecule has 22 heavy (non-hydrogen) atoms. The summed E-state index contributed by atoms with van der Waals surface area (Å²) in [5, 5.41) is 11.5. The fraction of sp³-hybridized carbons (Fsp3) is 0.0667. The zero-order valence-corrected chi connectivity index (χ0v) is 12.6. The second-order valence-corrected chi connectivity index (χ2v) is 5.22. The molecule has 0 aliphatic rings. The maximum absolute atomic E-state index is 12.8. The van der Waals surface area contributed by atoms with Gasteiger partial charge in [-0.2, -0.15) is 0 Å². The molecule has 2 N–H and O–H groups in total. The third-order valence-electron chi connectivity index (χ3n) is 2.89. The quantitative estimate of drug-likeness (QED) is 0.889. The van der Waals surface area contributed by atoms with Crippen molar-refractivity contribution in [3.05, 3.63) is 69.0 Å². The molecule has 0 atom stereocenters. The monoisotopic (exact) mass is 341 g/mol. The van der Waals surface area contributed by atoms with E-state index in [9.17, 15) is 14.0 Å². The van der Waals surface area contributed by atoms with E-state index >= 15 is 0 Å². The maximum atomic E-state index is 12.8. The molecule has 7 heteroatoms. The van der Waals surface area contributed by atoms with Gasteiger partial charge in [0.15, 0.2) is 0 Å². The normalized spacial score (nSPS) is 10.3. The Labute approximate surface area is 135 Å². The molecular formula is C15H10Cl2FNO3. The lowest BCUT2D eigenvalue weighted by molar-refractivity contribution is 0.0697. The highest BCUT2D eigenvalue weighted by Gasteiger charge is 2.17. The summed E-state index contributed by atoms with van der Waals surface area (Å²) in [7, 11) is 0. The predicted octanol–water partition coefficient (Wildman–Crippen LogP) is 3.76. The molecule has 0 radical (unpaired) electrons. The minimum absolute atomic E-state index is 0.0199. The van der Waals surface area contributed by atoms with Crippen LogP contribution in [0.4, 0.5) is 4.39 Å². The van der Waals surface area contributed by atoms with Gasteiger partial charge in [0.1, 0.15) is 5.82 Å². The minimum atomic E-state index is -1.28. The first-order valence-corrected chi connectivity index (χ1v) is 6.89. The molecule has 0 bridgehead atoms. The zero-order valence-electron chi connectivity index (χ0n) is 11.1. The van der Waals surface area contributed by atoms with Crippen molar-refractivity contribution in [2.75, 3.05) is 0 Å². The van der Waals surface area contributed by atoms with Gasteiger partial charge in [-0.05, 0) is 29.8 Å². The number of carboxylic acids is 1. The number of carboxylic acid groups (broad SMARTS) is 1. The first-order chi connectivity index (χ1) is 10.4. The second kappa shape index (κ2) is 6.77. The Balaban J connectivity index is 2.16. The zero-order chi connectivity index (χ0) is 16.3. The summed E-state index contributed by atoms with van der Waals surface area (Å²) >= 11 is 11.6. The number of rotatable bonds is 4. The number of aromatic carboxylic acids is 1. The number of nitrogens with one attached hydrogen (secondary N) is 1. The van der Waals surface area contributed by atoms with Gasteiger partial charge < -0.3 is 10.4 Å². The van der Waals surface area contributed by atoms with Crippen molar-refractivity contribution < 1.29 is 19.1 Å². The summed E-state index contributed by atoms with van der Waals surface area (Å²) in [5.74, 6) is -2.16. The van der Waals surface area contributed by atoms with Gasteiger partial charge >= 0.3 is 5.97 Å². The van der Waals surface area contributed by atoms with Crippen LogP contribution in [0.15, 0.2) is 36.4 Å². The van der Waals surface area contributed by atoms with Crippen molar-refractivity contribution in [3.8, 4) is 0 Å². The molecule has 4 nitrogen and oxygen atoms in total. The Hall–Kier alpha value is -2.11. The Morgan fingerprint density at radius 3 is 2.36 bits per heavy atom. The molecule has 0 spiro atoms. The smallest absolute Gasteiger partial charge is 0.337 e. The minimum Gasteiger partial charge on any atom is -0.478 e. The van der Waals surface area contributed by atoms with Crippen molar-refractivity contribution in [2.24, 2.45) is 0 Å². The summed E-state index contributed by atoms with van der Waals surface area (Å²) in [4.78, 5) is 23.1. The van der Waals surface area contributed by atoms with E-state index in [1.165, 1.54) is 30.3 Å². The molecular weight excluding hydrogens is 332 g/mol. The lowest BCUT2D eigenvalue weighted by Gasteiger charge is -2.08. The fourth-order valence-electron chi connectivity index (χ4n) is 1.76. The SMILES string of the molecule is O=C(NCc1ccc(F)cc1)c1cc(Cl)c(Cl)c(C(=O)O)c1. The topological polar surface area (TPSA) is 66.4 Å². The van der Waals surface area contributed by atoms with Gasteiger partial charge in [-0.3, -0.25) is 4.79 Å². The molecule has 2 aromatic rings. The molecule has 2 rings (SSSR count). The van der Waals surface area contributed by atoms with E-state index in [1.54, 1.807) is 0 Å². The van der Waals surface area contributed by atoms with Crippen molar-refractivity contribution in [1.82, 2.24) is 5.32 Å². The van der Waals surface area contributed by atoms with Crippen LogP contribution in [0.3, 0.4) is 0 Å². The van der Waals surface area contributed by atoms with Crippen LogP contribution in [0.2, 0.25) is 10.0 Å². The van der Waals surface area contributed by atoms with E-state index in [-0.39, 0.29) is 33.5 Å². The molecule has 0 fully saturated rings. The van der Waals surface area contributed by atoms with Gasteiger partial charge in [-0.25, -0.2) is 9.18 Å². The van der Waals surface area contributed by atoms with Gasteiger partial charge in [-0.15, -0.1) is 0 Å². The van der Waals surface area contributed by atoms with Gasteiger partial charge in [0.2, 0.25) is 0 Å². The number of benzene rings is 2. The van der Waals surface area contributed by atoms with E-state index in [4.69, 9.17) is 28.3 Å². The summed E-state index contributed by atoms with van der Waals surface area (Å²) in [5.41, 5.74) is 0.531. The number of amides is 1. The largest absolute Gasteiger partial charge is 0.478 e. The lowest BCUT2D eigenvalue weighted by Crippen LogP contribution is -2.23. The van der Waals surface area contributed by atoms with Crippen molar-refractivity contribution >= 4 is 35.1 Å². The highest BCUT2D eigenvalue weighted by atomic mass is 35.5. The van der Waals surface area contributed by atoms with Gasteiger partial charge in [-0.1, -0.05) is 35.3 Å². The number of hydrogen-bond donors (Lipinski definition) is 2. The Morgan fingerprint density at radius 2 is 1.77 bits per heavy atom.